The number of carbonyl (C=O) groups is 2. The largest absolute Gasteiger partial charge is 0.444 e. The molecule has 1 saturated heterocycles. The number of halogens is 1. The molecule has 1 fully saturated rings. The SMILES string of the molecule is CSCCNC(=NCC(=O)N(C)C)NC1CCN(C(=O)OC(C)(C)C)C1.I. The van der Waals surface area contributed by atoms with Crippen molar-refractivity contribution in [1.82, 2.24) is 20.4 Å². The monoisotopic (exact) mass is 515 g/mol. The predicted molar refractivity (Wildman–Crippen MR) is 122 cm³/mol. The van der Waals surface area contributed by atoms with Gasteiger partial charge in [0, 0.05) is 45.5 Å². The molecule has 2 N–H and O–H groups in total. The molecular formula is C17H34IN5O3S. The second-order valence-electron chi connectivity index (χ2n) is 7.43. The Bertz CT molecular complexity index is 511. The number of hydrogen-bond donors (Lipinski definition) is 2. The van der Waals surface area contributed by atoms with Crippen molar-refractivity contribution in [3.8, 4) is 0 Å². The van der Waals surface area contributed by atoms with Gasteiger partial charge in [0.25, 0.3) is 0 Å². The molecule has 0 bridgehead atoms. The van der Waals surface area contributed by atoms with Gasteiger partial charge in [0.05, 0.1) is 0 Å². The van der Waals surface area contributed by atoms with Crippen molar-refractivity contribution in [1.29, 1.82) is 0 Å². The van der Waals surface area contributed by atoms with Crippen LogP contribution in [0.2, 0.25) is 0 Å². The highest BCUT2D eigenvalue weighted by Gasteiger charge is 2.30. The van der Waals surface area contributed by atoms with E-state index in [0.717, 1.165) is 18.7 Å². The van der Waals surface area contributed by atoms with Crippen molar-refractivity contribution >= 4 is 53.7 Å². The number of likely N-dealkylation sites (tertiary alicyclic amines) is 1. The van der Waals surface area contributed by atoms with Crippen LogP contribution in [0.4, 0.5) is 4.79 Å². The van der Waals surface area contributed by atoms with Crippen LogP contribution in [0.5, 0.6) is 0 Å². The Labute approximate surface area is 184 Å². The molecule has 0 radical (unpaired) electrons. The molecule has 1 unspecified atom stereocenters. The van der Waals surface area contributed by atoms with Crippen LogP contribution in [0.1, 0.15) is 27.2 Å². The molecule has 158 valence electrons. The molecule has 1 rings (SSSR count). The van der Waals surface area contributed by atoms with Gasteiger partial charge in [-0.25, -0.2) is 9.79 Å². The number of rotatable bonds is 6. The molecule has 27 heavy (non-hydrogen) atoms. The normalized spacial score (nSPS) is 17.2. The highest BCUT2D eigenvalue weighted by atomic mass is 127. The van der Waals surface area contributed by atoms with E-state index in [1.807, 2.05) is 27.0 Å². The van der Waals surface area contributed by atoms with Crippen LogP contribution >= 0.6 is 35.7 Å². The minimum Gasteiger partial charge on any atom is -0.444 e. The van der Waals surface area contributed by atoms with Gasteiger partial charge in [-0.15, -0.1) is 24.0 Å². The van der Waals surface area contributed by atoms with Crippen molar-refractivity contribution in [3.63, 3.8) is 0 Å². The molecule has 0 aromatic heterocycles. The summed E-state index contributed by atoms with van der Waals surface area (Å²) in [5.41, 5.74) is -0.499. The lowest BCUT2D eigenvalue weighted by atomic mass is 10.2. The number of carbonyl (C=O) groups excluding carboxylic acids is 2. The molecule has 1 atom stereocenters. The van der Waals surface area contributed by atoms with Crippen molar-refractivity contribution in [2.75, 3.05) is 52.3 Å². The average Bonchev–Trinajstić information content (AvgIpc) is 2.99. The fourth-order valence-electron chi connectivity index (χ4n) is 2.28. The summed E-state index contributed by atoms with van der Waals surface area (Å²) in [6.07, 6.45) is 2.56. The van der Waals surface area contributed by atoms with Crippen LogP contribution in [-0.2, 0) is 9.53 Å². The molecule has 1 aliphatic heterocycles. The molecule has 1 aliphatic rings. The van der Waals surface area contributed by atoms with Crippen molar-refractivity contribution < 1.29 is 14.3 Å². The Kier molecular flexibility index (Phi) is 12.1. The first-order valence-corrected chi connectivity index (χ1v) is 10.2. The van der Waals surface area contributed by atoms with E-state index < -0.39 is 5.60 Å². The summed E-state index contributed by atoms with van der Waals surface area (Å²) in [5, 5.41) is 6.56. The van der Waals surface area contributed by atoms with Gasteiger partial charge in [-0.2, -0.15) is 11.8 Å². The van der Waals surface area contributed by atoms with Crippen LogP contribution in [0.3, 0.4) is 0 Å². The Morgan fingerprint density at radius 1 is 1.33 bits per heavy atom. The maximum absolute atomic E-state index is 12.2. The number of nitrogens with one attached hydrogen (secondary N) is 2. The smallest absolute Gasteiger partial charge is 0.410 e. The van der Waals surface area contributed by atoms with E-state index in [9.17, 15) is 9.59 Å². The molecule has 0 aromatic carbocycles. The van der Waals surface area contributed by atoms with Crippen molar-refractivity contribution in [2.24, 2.45) is 4.99 Å². The second-order valence-corrected chi connectivity index (χ2v) is 8.41. The van der Waals surface area contributed by atoms with Gasteiger partial charge in [0.15, 0.2) is 5.96 Å². The molecule has 0 aliphatic carbocycles. The number of aliphatic imine (C=N–C) groups is 1. The van der Waals surface area contributed by atoms with Crippen LogP contribution in [0.25, 0.3) is 0 Å². The molecule has 2 amide bonds. The lowest BCUT2D eigenvalue weighted by Gasteiger charge is -2.24. The number of guanidine groups is 1. The summed E-state index contributed by atoms with van der Waals surface area (Å²) in [6.45, 7) is 7.62. The molecule has 8 nitrogen and oxygen atoms in total. The summed E-state index contributed by atoms with van der Waals surface area (Å²) >= 11 is 1.74. The third-order valence-electron chi connectivity index (χ3n) is 3.65. The topological polar surface area (TPSA) is 86.3 Å². The van der Waals surface area contributed by atoms with Crippen LogP contribution in [0, 0.1) is 0 Å². The summed E-state index contributed by atoms with van der Waals surface area (Å²) in [4.78, 5) is 31.5. The molecule has 0 aromatic rings. The van der Waals surface area contributed by atoms with Crippen LogP contribution < -0.4 is 10.6 Å². The van der Waals surface area contributed by atoms with Crippen molar-refractivity contribution in [3.05, 3.63) is 0 Å². The first kappa shape index (κ1) is 26.1. The fraction of sp³-hybridized carbons (Fsp3) is 0.824. The third-order valence-corrected chi connectivity index (χ3v) is 4.26. The highest BCUT2D eigenvalue weighted by molar-refractivity contribution is 14.0. The summed E-state index contributed by atoms with van der Waals surface area (Å²) in [6, 6.07) is 0.0810. The Hall–Kier alpha value is -0.910. The standard InChI is InChI=1S/C17H33N5O3S.HI/c1-17(2,3)25-16(24)22-9-7-13(12-22)20-15(18-8-10-26-6)19-11-14(23)21(4)5;/h13H,7-12H2,1-6H3,(H2,18,19,20);1H. The van der Waals surface area contributed by atoms with Gasteiger partial charge >= 0.3 is 6.09 Å². The molecule has 1 heterocycles. The second kappa shape index (κ2) is 12.5. The van der Waals surface area contributed by atoms with Gasteiger partial charge in [-0.1, -0.05) is 0 Å². The van der Waals surface area contributed by atoms with Gasteiger partial charge in [-0.05, 0) is 33.4 Å². The lowest BCUT2D eigenvalue weighted by Crippen LogP contribution is -2.46. The number of likely N-dealkylation sites (N-methyl/N-ethyl adjacent to an activating group) is 1. The highest BCUT2D eigenvalue weighted by Crippen LogP contribution is 2.15. The summed E-state index contributed by atoms with van der Waals surface area (Å²) in [5.74, 6) is 1.49. The van der Waals surface area contributed by atoms with E-state index in [2.05, 4.69) is 15.6 Å². The first-order valence-electron chi connectivity index (χ1n) is 8.84. The molecule has 0 saturated carbocycles. The third kappa shape index (κ3) is 10.9. The van der Waals surface area contributed by atoms with E-state index in [1.165, 1.54) is 4.90 Å². The minimum absolute atomic E-state index is 0. The molecular weight excluding hydrogens is 481 g/mol. The zero-order valence-electron chi connectivity index (χ0n) is 17.2. The molecule has 0 spiro atoms. The minimum atomic E-state index is -0.499. The van der Waals surface area contributed by atoms with Crippen LogP contribution in [0.15, 0.2) is 4.99 Å². The first-order chi connectivity index (χ1) is 12.1. The van der Waals surface area contributed by atoms with E-state index in [-0.39, 0.29) is 48.6 Å². The fourth-order valence-corrected chi connectivity index (χ4v) is 2.58. The van der Waals surface area contributed by atoms with Gasteiger partial charge < -0.3 is 25.2 Å². The van der Waals surface area contributed by atoms with Crippen LogP contribution in [-0.4, -0.2) is 91.7 Å². The Balaban J connectivity index is 0.00000676. The lowest BCUT2D eigenvalue weighted by molar-refractivity contribution is -0.127. The Morgan fingerprint density at radius 2 is 2.00 bits per heavy atom. The summed E-state index contributed by atoms with van der Waals surface area (Å²) in [7, 11) is 3.42. The number of nitrogens with zero attached hydrogens (tertiary/aromatic N) is 3. The maximum Gasteiger partial charge on any atom is 0.410 e. The summed E-state index contributed by atoms with van der Waals surface area (Å²) < 4.78 is 5.42. The Morgan fingerprint density at radius 3 is 2.56 bits per heavy atom. The maximum atomic E-state index is 12.2. The number of hydrogen-bond acceptors (Lipinski definition) is 5. The van der Waals surface area contributed by atoms with Gasteiger partial charge in [-0.3, -0.25) is 4.79 Å². The van der Waals surface area contributed by atoms with Gasteiger partial charge in [0.2, 0.25) is 5.91 Å². The number of ether oxygens (including phenoxy) is 1. The molecule has 10 heteroatoms. The van der Waals surface area contributed by atoms with E-state index >= 15 is 0 Å². The number of thioether (sulfide) groups is 1. The van der Waals surface area contributed by atoms with E-state index in [4.69, 9.17) is 4.74 Å². The average molecular weight is 515 g/mol. The quantitative estimate of drug-likeness (QED) is 0.242. The van der Waals surface area contributed by atoms with Gasteiger partial charge in [0.1, 0.15) is 12.1 Å². The number of amides is 2. The van der Waals surface area contributed by atoms with Crippen molar-refractivity contribution in [2.45, 2.75) is 38.8 Å². The van der Waals surface area contributed by atoms with E-state index in [1.54, 1.807) is 30.8 Å². The predicted octanol–water partition coefficient (Wildman–Crippen LogP) is 1.60. The van der Waals surface area contributed by atoms with E-state index in [0.29, 0.717) is 19.0 Å². The zero-order valence-corrected chi connectivity index (χ0v) is 20.3. The zero-order chi connectivity index (χ0) is 19.7.